The number of para-hydroxylation sites is 1. The van der Waals surface area contributed by atoms with Gasteiger partial charge in [0.1, 0.15) is 0 Å². The topological polar surface area (TPSA) is 27.8 Å². The summed E-state index contributed by atoms with van der Waals surface area (Å²) >= 11 is 0. The van der Waals surface area contributed by atoms with Crippen molar-refractivity contribution < 1.29 is 0 Å². The Morgan fingerprint density at radius 2 is 2.05 bits per heavy atom. The molecule has 1 aliphatic carbocycles. The third-order valence-electron chi connectivity index (χ3n) is 4.73. The number of aromatic nitrogens is 1. The van der Waals surface area contributed by atoms with Crippen LogP contribution in [0.25, 0.3) is 10.9 Å². The average molecular weight is 270 g/mol. The predicted octanol–water partition coefficient (Wildman–Crippen LogP) is 4.62. The summed E-state index contributed by atoms with van der Waals surface area (Å²) in [5, 5.41) is 5.02. The normalized spacial score (nSPS) is 18.4. The lowest BCUT2D eigenvalue weighted by Gasteiger charge is -2.25. The van der Waals surface area contributed by atoms with Crippen LogP contribution in [0.1, 0.15) is 51.0 Å². The molecule has 0 spiro atoms. The number of aromatic amines is 1. The first kappa shape index (κ1) is 13.7. The largest absolute Gasteiger partial charge is 0.361 e. The fourth-order valence-electron chi connectivity index (χ4n) is 3.59. The van der Waals surface area contributed by atoms with Gasteiger partial charge in [0.25, 0.3) is 0 Å². The van der Waals surface area contributed by atoms with Gasteiger partial charge in [0.15, 0.2) is 0 Å². The first-order valence-corrected chi connectivity index (χ1v) is 8.11. The van der Waals surface area contributed by atoms with Crippen molar-refractivity contribution in [3.63, 3.8) is 0 Å². The number of nitrogens with one attached hydrogen (secondary N) is 2. The van der Waals surface area contributed by atoms with Crippen molar-refractivity contribution in [1.82, 2.24) is 10.3 Å². The van der Waals surface area contributed by atoms with E-state index in [1.165, 1.54) is 55.0 Å². The second-order valence-corrected chi connectivity index (χ2v) is 6.38. The second-order valence-electron chi connectivity index (χ2n) is 6.38. The molecule has 1 aliphatic rings. The van der Waals surface area contributed by atoms with Crippen molar-refractivity contribution in [2.45, 2.75) is 58.0 Å². The van der Waals surface area contributed by atoms with Crippen molar-refractivity contribution in [3.05, 3.63) is 36.0 Å². The first-order valence-electron chi connectivity index (χ1n) is 8.11. The molecular formula is C18H26N2. The van der Waals surface area contributed by atoms with Crippen LogP contribution in [0.15, 0.2) is 30.5 Å². The number of fused-ring (bicyclic) bond motifs is 1. The van der Waals surface area contributed by atoms with Gasteiger partial charge in [-0.2, -0.15) is 0 Å². The van der Waals surface area contributed by atoms with E-state index in [0.29, 0.717) is 6.04 Å². The fraction of sp³-hybridized carbons (Fsp3) is 0.556. The molecule has 2 nitrogen and oxygen atoms in total. The lowest BCUT2D eigenvalue weighted by Crippen LogP contribution is -2.28. The van der Waals surface area contributed by atoms with E-state index in [4.69, 9.17) is 0 Å². The maximum Gasteiger partial charge on any atom is 0.0499 e. The van der Waals surface area contributed by atoms with Gasteiger partial charge in [-0.1, -0.05) is 50.3 Å². The Balaban J connectivity index is 1.54. The zero-order valence-corrected chi connectivity index (χ0v) is 12.5. The minimum atomic E-state index is 0.614. The number of H-pyrrole nitrogens is 1. The molecule has 1 fully saturated rings. The van der Waals surface area contributed by atoms with Crippen molar-refractivity contribution in [1.29, 1.82) is 0 Å². The molecule has 1 unspecified atom stereocenters. The summed E-state index contributed by atoms with van der Waals surface area (Å²) in [4.78, 5) is 3.35. The van der Waals surface area contributed by atoms with Gasteiger partial charge in [0, 0.05) is 24.3 Å². The molecule has 0 radical (unpaired) electrons. The van der Waals surface area contributed by atoms with E-state index < -0.39 is 0 Å². The van der Waals surface area contributed by atoms with E-state index in [1.54, 1.807) is 0 Å². The molecule has 0 aliphatic heterocycles. The summed E-state index contributed by atoms with van der Waals surface area (Å²) in [6, 6.07) is 9.30. The molecular weight excluding hydrogens is 244 g/mol. The summed E-state index contributed by atoms with van der Waals surface area (Å²) in [5.74, 6) is 0.951. The van der Waals surface area contributed by atoms with E-state index >= 15 is 0 Å². The van der Waals surface area contributed by atoms with Gasteiger partial charge in [-0.25, -0.2) is 0 Å². The van der Waals surface area contributed by atoms with Gasteiger partial charge in [0.05, 0.1) is 0 Å². The van der Waals surface area contributed by atoms with Crippen molar-refractivity contribution >= 4 is 10.9 Å². The van der Waals surface area contributed by atoms with Crippen LogP contribution in [0.3, 0.4) is 0 Å². The summed E-state index contributed by atoms with van der Waals surface area (Å²) < 4.78 is 0. The SMILES string of the molecule is CC(CC1CCCCC1)NCc1cccc2cc[nH]c12. The quantitative estimate of drug-likeness (QED) is 0.815. The molecule has 1 atom stereocenters. The van der Waals surface area contributed by atoms with Crippen LogP contribution >= 0.6 is 0 Å². The molecule has 20 heavy (non-hydrogen) atoms. The standard InChI is InChI=1S/C18H26N2/c1-14(12-15-6-3-2-4-7-15)20-13-17-9-5-8-16-10-11-19-18(16)17/h5,8-11,14-15,19-20H,2-4,6-7,12-13H2,1H3. The predicted molar refractivity (Wildman–Crippen MR) is 85.8 cm³/mol. The van der Waals surface area contributed by atoms with Crippen molar-refractivity contribution in [2.24, 2.45) is 5.92 Å². The molecule has 0 amide bonds. The Labute approximate surface area is 122 Å². The van der Waals surface area contributed by atoms with E-state index in [9.17, 15) is 0 Å². The minimum Gasteiger partial charge on any atom is -0.361 e. The Kier molecular flexibility index (Phi) is 4.41. The van der Waals surface area contributed by atoms with Gasteiger partial charge in [-0.15, -0.1) is 0 Å². The number of rotatable bonds is 5. The molecule has 1 aromatic heterocycles. The monoisotopic (exact) mass is 270 g/mol. The molecule has 108 valence electrons. The van der Waals surface area contributed by atoms with Crippen molar-refractivity contribution in [2.75, 3.05) is 0 Å². The number of hydrogen-bond donors (Lipinski definition) is 2. The molecule has 1 saturated carbocycles. The van der Waals surface area contributed by atoms with E-state index in [-0.39, 0.29) is 0 Å². The zero-order chi connectivity index (χ0) is 13.8. The number of benzene rings is 1. The highest BCUT2D eigenvalue weighted by atomic mass is 14.9. The summed E-state index contributed by atoms with van der Waals surface area (Å²) in [6.45, 7) is 3.30. The smallest absolute Gasteiger partial charge is 0.0499 e. The Morgan fingerprint density at radius 3 is 2.90 bits per heavy atom. The highest BCUT2D eigenvalue weighted by molar-refractivity contribution is 5.82. The number of hydrogen-bond acceptors (Lipinski definition) is 1. The van der Waals surface area contributed by atoms with E-state index in [2.05, 4.69) is 41.5 Å². The molecule has 1 aromatic carbocycles. The third kappa shape index (κ3) is 3.24. The van der Waals surface area contributed by atoms with Gasteiger partial charge < -0.3 is 10.3 Å². The van der Waals surface area contributed by atoms with Gasteiger partial charge in [0.2, 0.25) is 0 Å². The Bertz CT molecular complexity index is 537. The summed E-state index contributed by atoms with van der Waals surface area (Å²) in [5.41, 5.74) is 2.66. The lowest BCUT2D eigenvalue weighted by molar-refractivity contribution is 0.305. The lowest BCUT2D eigenvalue weighted by atomic mass is 9.85. The van der Waals surface area contributed by atoms with Crippen LogP contribution in [-0.2, 0) is 6.54 Å². The van der Waals surface area contributed by atoms with Crippen LogP contribution in [0.4, 0.5) is 0 Å². The average Bonchev–Trinajstić information content (AvgIpc) is 2.95. The molecule has 2 heteroatoms. The summed E-state index contributed by atoms with van der Waals surface area (Å²) in [7, 11) is 0. The van der Waals surface area contributed by atoms with Gasteiger partial charge >= 0.3 is 0 Å². The maximum atomic E-state index is 3.71. The van der Waals surface area contributed by atoms with E-state index in [0.717, 1.165) is 12.5 Å². The second kappa shape index (κ2) is 6.45. The third-order valence-corrected chi connectivity index (χ3v) is 4.73. The fourth-order valence-corrected chi connectivity index (χ4v) is 3.59. The van der Waals surface area contributed by atoms with Crippen LogP contribution < -0.4 is 5.32 Å². The van der Waals surface area contributed by atoms with Crippen LogP contribution in [0, 0.1) is 5.92 Å². The molecule has 0 saturated heterocycles. The first-order chi connectivity index (χ1) is 9.83. The van der Waals surface area contributed by atoms with Crippen LogP contribution in [0.5, 0.6) is 0 Å². The van der Waals surface area contributed by atoms with Gasteiger partial charge in [-0.3, -0.25) is 0 Å². The highest BCUT2D eigenvalue weighted by Gasteiger charge is 2.16. The zero-order valence-electron chi connectivity index (χ0n) is 12.5. The highest BCUT2D eigenvalue weighted by Crippen LogP contribution is 2.27. The maximum absolute atomic E-state index is 3.71. The molecule has 2 N–H and O–H groups in total. The Hall–Kier alpha value is -1.28. The summed E-state index contributed by atoms with van der Waals surface area (Å²) in [6.07, 6.45) is 10.6. The minimum absolute atomic E-state index is 0.614. The van der Waals surface area contributed by atoms with Crippen LogP contribution in [-0.4, -0.2) is 11.0 Å². The Morgan fingerprint density at radius 1 is 1.20 bits per heavy atom. The molecule has 2 aromatic rings. The van der Waals surface area contributed by atoms with Crippen molar-refractivity contribution in [3.8, 4) is 0 Å². The molecule has 0 bridgehead atoms. The van der Waals surface area contributed by atoms with Gasteiger partial charge in [-0.05, 0) is 36.3 Å². The van der Waals surface area contributed by atoms with E-state index in [1.807, 2.05) is 6.20 Å². The van der Waals surface area contributed by atoms with Crippen LogP contribution in [0.2, 0.25) is 0 Å². The molecule has 3 rings (SSSR count). The molecule has 1 heterocycles.